The number of halogens is 1. The first-order valence-corrected chi connectivity index (χ1v) is 8.53. The summed E-state index contributed by atoms with van der Waals surface area (Å²) < 4.78 is 24.4. The third-order valence-corrected chi connectivity index (χ3v) is 4.61. The van der Waals surface area contributed by atoms with E-state index >= 15 is 0 Å². The van der Waals surface area contributed by atoms with Crippen LogP contribution in [-0.4, -0.2) is 37.6 Å². The fraction of sp³-hybridized carbons (Fsp3) is 0.611. The molecule has 1 aromatic carbocycles. The molecule has 0 aromatic heterocycles. The van der Waals surface area contributed by atoms with Crippen LogP contribution >= 0.6 is 0 Å². The first kappa shape index (κ1) is 17.2. The Labute approximate surface area is 141 Å². The third kappa shape index (κ3) is 4.45. The van der Waals surface area contributed by atoms with Gasteiger partial charge in [-0.3, -0.25) is 0 Å². The van der Waals surface area contributed by atoms with E-state index in [0.29, 0.717) is 19.8 Å². The van der Waals surface area contributed by atoms with Gasteiger partial charge in [0, 0.05) is 24.9 Å². The van der Waals surface area contributed by atoms with E-state index in [0.717, 1.165) is 18.4 Å². The SMILES string of the molecule is CC(CNC(=O)NC1CC1c1cccc(F)c1)CC1(C)OCCO1. The van der Waals surface area contributed by atoms with Crippen molar-refractivity contribution in [2.24, 2.45) is 5.92 Å². The highest BCUT2D eigenvalue weighted by Crippen LogP contribution is 2.40. The molecule has 6 heteroatoms. The molecule has 1 heterocycles. The Morgan fingerprint density at radius 2 is 2.17 bits per heavy atom. The van der Waals surface area contributed by atoms with Crippen molar-refractivity contribution in [2.75, 3.05) is 19.8 Å². The number of ether oxygens (including phenoxy) is 2. The molecule has 5 nitrogen and oxygen atoms in total. The second-order valence-electron chi connectivity index (χ2n) is 7.00. The van der Waals surface area contributed by atoms with Gasteiger partial charge >= 0.3 is 6.03 Å². The van der Waals surface area contributed by atoms with Crippen molar-refractivity contribution < 1.29 is 18.7 Å². The Morgan fingerprint density at radius 3 is 2.88 bits per heavy atom. The lowest BCUT2D eigenvalue weighted by atomic mass is 10.0. The average molecular weight is 336 g/mol. The summed E-state index contributed by atoms with van der Waals surface area (Å²) in [6, 6.07) is 6.48. The fourth-order valence-corrected chi connectivity index (χ4v) is 3.33. The quantitative estimate of drug-likeness (QED) is 0.840. The van der Waals surface area contributed by atoms with Gasteiger partial charge < -0.3 is 20.1 Å². The summed E-state index contributed by atoms with van der Waals surface area (Å²) in [6.07, 6.45) is 1.59. The van der Waals surface area contributed by atoms with Gasteiger partial charge in [0.25, 0.3) is 0 Å². The maximum atomic E-state index is 13.2. The second kappa shape index (κ2) is 7.07. The minimum Gasteiger partial charge on any atom is -0.348 e. The van der Waals surface area contributed by atoms with Crippen LogP contribution in [0.15, 0.2) is 24.3 Å². The van der Waals surface area contributed by atoms with Crippen molar-refractivity contribution in [1.82, 2.24) is 10.6 Å². The molecular formula is C18H25FN2O3. The van der Waals surface area contributed by atoms with Gasteiger partial charge in [-0.2, -0.15) is 0 Å². The predicted molar refractivity (Wildman–Crippen MR) is 88.2 cm³/mol. The molecule has 2 amide bonds. The largest absolute Gasteiger partial charge is 0.348 e. The highest BCUT2D eigenvalue weighted by Gasteiger charge is 2.39. The van der Waals surface area contributed by atoms with Crippen LogP contribution in [0.3, 0.4) is 0 Å². The average Bonchev–Trinajstić information content (AvgIpc) is 3.16. The summed E-state index contributed by atoms with van der Waals surface area (Å²) in [5.74, 6) is -0.308. The Kier molecular flexibility index (Phi) is 5.06. The number of carbonyl (C=O) groups excluding carboxylic acids is 1. The fourth-order valence-electron chi connectivity index (χ4n) is 3.33. The number of rotatable bonds is 6. The molecule has 0 radical (unpaired) electrons. The summed E-state index contributed by atoms with van der Waals surface area (Å²) in [5.41, 5.74) is 0.942. The lowest BCUT2D eigenvalue weighted by Crippen LogP contribution is -2.40. The van der Waals surface area contributed by atoms with Gasteiger partial charge in [-0.1, -0.05) is 19.1 Å². The smallest absolute Gasteiger partial charge is 0.315 e. The maximum Gasteiger partial charge on any atom is 0.315 e. The van der Waals surface area contributed by atoms with Crippen LogP contribution in [0.2, 0.25) is 0 Å². The molecule has 3 unspecified atom stereocenters. The van der Waals surface area contributed by atoms with E-state index in [4.69, 9.17) is 9.47 Å². The van der Waals surface area contributed by atoms with Crippen molar-refractivity contribution >= 4 is 6.03 Å². The Bertz CT molecular complexity index is 589. The first-order chi connectivity index (χ1) is 11.5. The number of hydrogen-bond donors (Lipinski definition) is 2. The Hall–Kier alpha value is -1.66. The standard InChI is InChI=1S/C18H25FN2O3/c1-12(10-18(2)23-6-7-24-18)11-20-17(22)21-16-9-15(16)13-4-3-5-14(19)8-13/h3-5,8,12,15-16H,6-7,9-11H2,1-2H3,(H2,20,21,22). The zero-order valence-electron chi connectivity index (χ0n) is 14.2. The number of amides is 2. The van der Waals surface area contributed by atoms with Crippen LogP contribution in [0.25, 0.3) is 0 Å². The van der Waals surface area contributed by atoms with Crippen molar-refractivity contribution in [3.63, 3.8) is 0 Å². The minimum atomic E-state index is -0.531. The molecule has 0 bridgehead atoms. The molecule has 2 fully saturated rings. The molecule has 24 heavy (non-hydrogen) atoms. The first-order valence-electron chi connectivity index (χ1n) is 8.53. The highest BCUT2D eigenvalue weighted by molar-refractivity contribution is 5.74. The van der Waals surface area contributed by atoms with Crippen LogP contribution in [0.4, 0.5) is 9.18 Å². The molecule has 3 atom stereocenters. The van der Waals surface area contributed by atoms with Crippen LogP contribution in [0, 0.1) is 11.7 Å². The summed E-state index contributed by atoms with van der Waals surface area (Å²) >= 11 is 0. The van der Waals surface area contributed by atoms with Gasteiger partial charge in [0.05, 0.1) is 13.2 Å². The number of urea groups is 1. The van der Waals surface area contributed by atoms with Gasteiger partial charge in [-0.05, 0) is 37.0 Å². The second-order valence-corrected chi connectivity index (χ2v) is 7.00. The van der Waals surface area contributed by atoms with Crippen molar-refractivity contribution in [1.29, 1.82) is 0 Å². The Morgan fingerprint density at radius 1 is 1.42 bits per heavy atom. The number of carbonyl (C=O) groups is 1. The number of benzene rings is 1. The van der Waals surface area contributed by atoms with E-state index in [-0.39, 0.29) is 29.7 Å². The van der Waals surface area contributed by atoms with Crippen LogP contribution in [0.1, 0.15) is 38.2 Å². The van der Waals surface area contributed by atoms with E-state index in [1.54, 1.807) is 6.07 Å². The molecule has 1 saturated heterocycles. The summed E-state index contributed by atoms with van der Waals surface area (Å²) in [5, 5.41) is 5.84. The normalized spacial score (nSPS) is 26.0. The van der Waals surface area contributed by atoms with E-state index < -0.39 is 5.79 Å². The van der Waals surface area contributed by atoms with E-state index in [1.165, 1.54) is 12.1 Å². The lowest BCUT2D eigenvalue weighted by molar-refractivity contribution is -0.153. The van der Waals surface area contributed by atoms with Gasteiger partial charge in [0.1, 0.15) is 5.82 Å². The molecule has 3 rings (SSSR count). The van der Waals surface area contributed by atoms with Crippen molar-refractivity contribution in [3.05, 3.63) is 35.6 Å². The molecule has 0 spiro atoms. The van der Waals surface area contributed by atoms with Gasteiger partial charge in [-0.25, -0.2) is 9.18 Å². The summed E-state index contributed by atoms with van der Waals surface area (Å²) in [6.45, 7) is 5.81. The Balaban J connectivity index is 1.37. The molecular weight excluding hydrogens is 311 g/mol. The zero-order valence-corrected chi connectivity index (χ0v) is 14.2. The van der Waals surface area contributed by atoms with Gasteiger partial charge in [-0.15, -0.1) is 0 Å². The topological polar surface area (TPSA) is 59.6 Å². The molecule has 132 valence electrons. The predicted octanol–water partition coefficient (Wildman–Crippen LogP) is 2.77. The van der Waals surface area contributed by atoms with E-state index in [1.807, 2.05) is 13.0 Å². The molecule has 1 aliphatic heterocycles. The van der Waals surface area contributed by atoms with Crippen LogP contribution < -0.4 is 10.6 Å². The van der Waals surface area contributed by atoms with Crippen molar-refractivity contribution in [2.45, 2.75) is 44.4 Å². The molecule has 2 aliphatic rings. The lowest BCUT2D eigenvalue weighted by Gasteiger charge is -2.26. The van der Waals surface area contributed by atoms with E-state index in [2.05, 4.69) is 17.6 Å². The molecule has 2 N–H and O–H groups in total. The van der Waals surface area contributed by atoms with Gasteiger partial charge in [0.2, 0.25) is 0 Å². The van der Waals surface area contributed by atoms with E-state index in [9.17, 15) is 9.18 Å². The molecule has 1 aromatic rings. The van der Waals surface area contributed by atoms with Crippen molar-refractivity contribution in [3.8, 4) is 0 Å². The number of nitrogens with one attached hydrogen (secondary N) is 2. The summed E-state index contributed by atoms with van der Waals surface area (Å²) in [7, 11) is 0. The van der Waals surface area contributed by atoms with Crippen LogP contribution in [-0.2, 0) is 9.47 Å². The highest BCUT2D eigenvalue weighted by atomic mass is 19.1. The minimum absolute atomic E-state index is 0.0844. The number of hydrogen-bond acceptors (Lipinski definition) is 3. The zero-order chi connectivity index (χ0) is 17.2. The molecule has 1 saturated carbocycles. The maximum absolute atomic E-state index is 13.2. The monoisotopic (exact) mass is 336 g/mol. The summed E-state index contributed by atoms with van der Waals surface area (Å²) in [4.78, 5) is 12.0. The molecule has 1 aliphatic carbocycles. The van der Waals surface area contributed by atoms with Crippen LogP contribution in [0.5, 0.6) is 0 Å². The van der Waals surface area contributed by atoms with Gasteiger partial charge in [0.15, 0.2) is 5.79 Å². The third-order valence-electron chi connectivity index (χ3n) is 4.61.